The second-order valence-electron chi connectivity index (χ2n) is 7.27. The molecule has 1 saturated heterocycles. The lowest BCUT2D eigenvalue weighted by Crippen LogP contribution is -2.50. The van der Waals surface area contributed by atoms with E-state index in [0.29, 0.717) is 23.9 Å². The van der Waals surface area contributed by atoms with E-state index in [1.165, 1.54) is 33.8 Å². The van der Waals surface area contributed by atoms with Crippen molar-refractivity contribution in [1.82, 2.24) is 14.2 Å². The third-order valence-corrected chi connectivity index (χ3v) is 7.64. The van der Waals surface area contributed by atoms with Crippen LogP contribution in [0.3, 0.4) is 0 Å². The number of nitrogens with zero attached hydrogens (tertiary/aromatic N) is 3. The number of rotatable bonds is 5. The fraction of sp³-hybridized carbons (Fsp3) is 0.474. The highest BCUT2D eigenvalue weighted by molar-refractivity contribution is 7.89. The summed E-state index contributed by atoms with van der Waals surface area (Å²) in [6.07, 6.45) is 0.832. The van der Waals surface area contributed by atoms with E-state index < -0.39 is 15.8 Å². The van der Waals surface area contributed by atoms with Gasteiger partial charge in [-0.3, -0.25) is 4.79 Å². The molecule has 1 aromatic heterocycles. The van der Waals surface area contributed by atoms with Crippen molar-refractivity contribution < 1.29 is 17.6 Å². The molecular weight excluding hydrogens is 401 g/mol. The van der Waals surface area contributed by atoms with E-state index in [1.807, 2.05) is 6.92 Å². The third kappa shape index (κ3) is 4.42. The molecule has 1 fully saturated rings. The van der Waals surface area contributed by atoms with E-state index >= 15 is 0 Å². The Balaban J connectivity index is 1.68. The van der Waals surface area contributed by atoms with Crippen LogP contribution in [0.25, 0.3) is 0 Å². The molecule has 1 aliphatic heterocycles. The van der Waals surface area contributed by atoms with Gasteiger partial charge in [-0.2, -0.15) is 4.31 Å². The molecule has 0 bridgehead atoms. The number of carbonyl (C=O) groups excluding carboxylic acids is 1. The molecule has 2 aromatic rings. The first-order valence-electron chi connectivity index (χ1n) is 9.19. The van der Waals surface area contributed by atoms with Crippen molar-refractivity contribution in [3.8, 4) is 0 Å². The Morgan fingerprint density at radius 1 is 1.25 bits per heavy atom. The number of hydrogen-bond acceptors (Lipinski definition) is 5. The smallest absolute Gasteiger partial charge is 0.265 e. The van der Waals surface area contributed by atoms with E-state index in [9.17, 15) is 17.6 Å². The number of amides is 1. The lowest BCUT2D eigenvalue weighted by Gasteiger charge is -2.33. The van der Waals surface area contributed by atoms with Crippen LogP contribution >= 0.6 is 11.3 Å². The molecule has 28 heavy (non-hydrogen) atoms. The molecular formula is C19H24FN3O3S2. The molecule has 6 nitrogen and oxygen atoms in total. The summed E-state index contributed by atoms with van der Waals surface area (Å²) in [5.74, 6) is -0.231. The Morgan fingerprint density at radius 2 is 1.93 bits per heavy atom. The van der Waals surface area contributed by atoms with E-state index in [0.717, 1.165) is 23.2 Å². The van der Waals surface area contributed by atoms with Crippen molar-refractivity contribution in [2.45, 2.75) is 32.1 Å². The van der Waals surface area contributed by atoms with E-state index in [2.05, 4.69) is 18.8 Å². The molecule has 1 aromatic carbocycles. The maximum Gasteiger partial charge on any atom is 0.265 e. The summed E-state index contributed by atoms with van der Waals surface area (Å²) in [7, 11) is -3.77. The lowest BCUT2D eigenvalue weighted by atomic mass is 10.1. The molecule has 0 atom stereocenters. The number of halogens is 1. The number of carbonyl (C=O) groups is 1. The van der Waals surface area contributed by atoms with Crippen LogP contribution in [0.4, 0.5) is 4.39 Å². The fourth-order valence-corrected chi connectivity index (χ4v) is 5.84. The standard InChI is InChI=1S/C19H24FN3O3S2/c1-13(2)11-17-21-14(3)18(27-17)19(24)22-7-9-23(10-8-22)28(25,26)16-6-4-5-15(20)12-16/h4-6,12-13H,7-11H2,1-3H3. The Hall–Kier alpha value is -1.84. The van der Waals surface area contributed by atoms with Crippen LogP contribution in [0.2, 0.25) is 0 Å². The zero-order valence-corrected chi connectivity index (χ0v) is 17.8. The molecule has 1 aliphatic rings. The summed E-state index contributed by atoms with van der Waals surface area (Å²) in [5.41, 5.74) is 0.723. The summed E-state index contributed by atoms with van der Waals surface area (Å²) in [6.45, 7) is 7.00. The van der Waals surface area contributed by atoms with Gasteiger partial charge in [0.1, 0.15) is 10.7 Å². The van der Waals surface area contributed by atoms with Crippen molar-refractivity contribution in [3.63, 3.8) is 0 Å². The second kappa shape index (κ2) is 8.26. The van der Waals surface area contributed by atoms with Crippen LogP contribution < -0.4 is 0 Å². The molecule has 9 heteroatoms. The highest BCUT2D eigenvalue weighted by Crippen LogP contribution is 2.24. The SMILES string of the molecule is Cc1nc(CC(C)C)sc1C(=O)N1CCN(S(=O)(=O)c2cccc(F)c2)CC1. The number of aryl methyl sites for hydroxylation is 1. The van der Waals surface area contributed by atoms with Crippen molar-refractivity contribution >= 4 is 27.3 Å². The molecule has 1 amide bonds. The van der Waals surface area contributed by atoms with E-state index in [4.69, 9.17) is 0 Å². The molecule has 3 rings (SSSR count). The van der Waals surface area contributed by atoms with Gasteiger partial charge in [-0.15, -0.1) is 11.3 Å². The lowest BCUT2D eigenvalue weighted by molar-refractivity contribution is 0.0702. The zero-order chi connectivity index (χ0) is 20.5. The monoisotopic (exact) mass is 425 g/mol. The molecule has 152 valence electrons. The first-order chi connectivity index (χ1) is 13.2. The fourth-order valence-electron chi connectivity index (χ4n) is 3.14. The van der Waals surface area contributed by atoms with Crippen LogP contribution in [-0.2, 0) is 16.4 Å². The molecule has 0 saturated carbocycles. The normalized spacial score (nSPS) is 16.0. The summed E-state index contributed by atoms with van der Waals surface area (Å²) < 4.78 is 40.1. The summed E-state index contributed by atoms with van der Waals surface area (Å²) in [5, 5.41) is 0.947. The van der Waals surface area contributed by atoms with Crippen molar-refractivity contribution in [3.05, 3.63) is 45.7 Å². The number of piperazine rings is 1. The minimum absolute atomic E-state index is 0.0658. The summed E-state index contributed by atoms with van der Waals surface area (Å²) in [4.78, 5) is 19.6. The minimum atomic E-state index is -3.77. The van der Waals surface area contributed by atoms with Gasteiger partial charge in [-0.25, -0.2) is 17.8 Å². The molecule has 0 N–H and O–H groups in total. The molecule has 0 spiro atoms. The third-order valence-electron chi connectivity index (χ3n) is 4.58. The van der Waals surface area contributed by atoms with Gasteiger partial charge in [0.2, 0.25) is 10.0 Å². The van der Waals surface area contributed by atoms with Crippen LogP contribution in [0.1, 0.15) is 34.2 Å². The highest BCUT2D eigenvalue weighted by atomic mass is 32.2. The van der Waals surface area contributed by atoms with Crippen LogP contribution in [-0.4, -0.2) is 54.7 Å². The average Bonchev–Trinajstić information content (AvgIpc) is 3.00. The zero-order valence-electron chi connectivity index (χ0n) is 16.2. The van der Waals surface area contributed by atoms with Crippen molar-refractivity contribution in [1.29, 1.82) is 0 Å². The van der Waals surface area contributed by atoms with Gasteiger partial charge in [-0.1, -0.05) is 19.9 Å². The molecule has 0 aliphatic carbocycles. The van der Waals surface area contributed by atoms with E-state index in [1.54, 1.807) is 4.90 Å². The average molecular weight is 426 g/mol. The van der Waals surface area contributed by atoms with Crippen LogP contribution in [0.15, 0.2) is 29.2 Å². The number of benzene rings is 1. The van der Waals surface area contributed by atoms with Gasteiger partial charge in [0.25, 0.3) is 5.91 Å². The number of thiazole rings is 1. The van der Waals surface area contributed by atoms with Crippen molar-refractivity contribution in [2.75, 3.05) is 26.2 Å². The van der Waals surface area contributed by atoms with Gasteiger partial charge in [-0.05, 0) is 31.0 Å². The number of hydrogen-bond donors (Lipinski definition) is 0. The summed E-state index contributed by atoms with van der Waals surface area (Å²) >= 11 is 1.42. The highest BCUT2D eigenvalue weighted by Gasteiger charge is 2.31. The quantitative estimate of drug-likeness (QED) is 0.739. The molecule has 0 unspecified atom stereocenters. The topological polar surface area (TPSA) is 70.6 Å². The van der Waals surface area contributed by atoms with Crippen LogP contribution in [0.5, 0.6) is 0 Å². The second-order valence-corrected chi connectivity index (χ2v) is 10.3. The van der Waals surface area contributed by atoms with Gasteiger partial charge in [0.15, 0.2) is 0 Å². The molecule has 0 radical (unpaired) electrons. The van der Waals surface area contributed by atoms with Gasteiger partial charge >= 0.3 is 0 Å². The Bertz CT molecular complexity index is 965. The Kier molecular flexibility index (Phi) is 6.16. The maximum atomic E-state index is 13.4. The predicted octanol–water partition coefficient (Wildman–Crippen LogP) is 2.94. The Labute approximate surface area is 169 Å². The van der Waals surface area contributed by atoms with Gasteiger partial charge in [0.05, 0.1) is 15.6 Å². The predicted molar refractivity (Wildman–Crippen MR) is 106 cm³/mol. The van der Waals surface area contributed by atoms with Gasteiger partial charge in [0, 0.05) is 32.6 Å². The summed E-state index contributed by atoms with van der Waals surface area (Å²) in [6, 6.07) is 4.99. The van der Waals surface area contributed by atoms with E-state index in [-0.39, 0.29) is 23.9 Å². The number of aromatic nitrogens is 1. The van der Waals surface area contributed by atoms with Gasteiger partial charge < -0.3 is 4.90 Å². The number of sulfonamides is 1. The first-order valence-corrected chi connectivity index (χ1v) is 11.5. The van der Waals surface area contributed by atoms with Crippen LogP contribution in [0, 0.1) is 18.7 Å². The maximum absolute atomic E-state index is 13.4. The first kappa shape index (κ1) is 20.9. The minimum Gasteiger partial charge on any atom is -0.335 e. The molecule has 2 heterocycles. The Morgan fingerprint density at radius 3 is 2.54 bits per heavy atom. The van der Waals surface area contributed by atoms with Crippen molar-refractivity contribution in [2.24, 2.45) is 5.92 Å². The largest absolute Gasteiger partial charge is 0.335 e.